The van der Waals surface area contributed by atoms with Crippen molar-refractivity contribution in [3.05, 3.63) is 0 Å². The first-order valence-corrected chi connectivity index (χ1v) is 7.32. The number of ether oxygens (including phenoxy) is 2. The molecule has 0 aliphatic heterocycles. The SMILES string of the molecule is CCOC(=O)CS(=O)(=O)N[C@@H](CCC(=O)OC)C(=O)O. The van der Waals surface area contributed by atoms with Gasteiger partial charge in [0, 0.05) is 6.42 Å². The molecule has 0 rings (SSSR count). The van der Waals surface area contributed by atoms with Gasteiger partial charge in [-0.15, -0.1) is 0 Å². The topological polar surface area (TPSA) is 136 Å². The van der Waals surface area contributed by atoms with Crippen LogP contribution in [0.1, 0.15) is 19.8 Å². The highest BCUT2D eigenvalue weighted by atomic mass is 32.2. The van der Waals surface area contributed by atoms with Crippen molar-refractivity contribution < 1.29 is 37.4 Å². The molecule has 0 heterocycles. The summed E-state index contributed by atoms with van der Waals surface area (Å²) in [5, 5.41) is 8.86. The largest absolute Gasteiger partial charge is 0.480 e. The molecule has 0 aliphatic carbocycles. The number of carbonyl (C=O) groups excluding carboxylic acids is 2. The van der Waals surface area contributed by atoms with Gasteiger partial charge in [0.1, 0.15) is 6.04 Å². The zero-order valence-corrected chi connectivity index (χ0v) is 11.9. The number of esters is 2. The van der Waals surface area contributed by atoms with Gasteiger partial charge in [0.2, 0.25) is 10.0 Å². The summed E-state index contributed by atoms with van der Waals surface area (Å²) in [7, 11) is -3.03. The van der Waals surface area contributed by atoms with E-state index < -0.39 is 39.7 Å². The first-order chi connectivity index (χ1) is 9.21. The molecule has 0 bridgehead atoms. The molecular weight excluding hydrogens is 294 g/mol. The fourth-order valence-corrected chi connectivity index (χ4v) is 2.34. The van der Waals surface area contributed by atoms with E-state index in [0.717, 1.165) is 7.11 Å². The Bertz CT molecular complexity index is 458. The maximum Gasteiger partial charge on any atom is 0.322 e. The van der Waals surface area contributed by atoms with E-state index in [4.69, 9.17) is 5.11 Å². The zero-order chi connectivity index (χ0) is 15.8. The third-order valence-electron chi connectivity index (χ3n) is 2.10. The summed E-state index contributed by atoms with van der Waals surface area (Å²) in [6.07, 6.45) is -0.556. The van der Waals surface area contributed by atoms with Crippen LogP contribution in [0.25, 0.3) is 0 Å². The molecule has 0 aromatic heterocycles. The number of carboxylic acid groups (broad SMARTS) is 1. The van der Waals surface area contributed by atoms with E-state index in [1.807, 2.05) is 4.72 Å². The molecule has 116 valence electrons. The van der Waals surface area contributed by atoms with E-state index in [1.165, 1.54) is 6.92 Å². The number of carboxylic acids is 1. The van der Waals surface area contributed by atoms with E-state index in [1.54, 1.807) is 0 Å². The highest BCUT2D eigenvalue weighted by Crippen LogP contribution is 2.02. The molecule has 0 unspecified atom stereocenters. The molecule has 0 fully saturated rings. The highest BCUT2D eigenvalue weighted by Gasteiger charge is 2.27. The third kappa shape index (κ3) is 7.69. The molecule has 0 aliphatic rings. The van der Waals surface area contributed by atoms with Crippen molar-refractivity contribution in [2.75, 3.05) is 19.5 Å². The highest BCUT2D eigenvalue weighted by molar-refractivity contribution is 7.90. The Morgan fingerprint density at radius 2 is 1.85 bits per heavy atom. The fraction of sp³-hybridized carbons (Fsp3) is 0.700. The molecule has 0 aromatic carbocycles. The Hall–Kier alpha value is -1.68. The van der Waals surface area contributed by atoms with Crippen molar-refractivity contribution in [2.24, 2.45) is 0 Å². The average molecular weight is 311 g/mol. The number of rotatable bonds is 9. The minimum atomic E-state index is -4.16. The van der Waals surface area contributed by atoms with Gasteiger partial charge in [-0.25, -0.2) is 13.1 Å². The average Bonchev–Trinajstić information content (AvgIpc) is 2.33. The smallest absolute Gasteiger partial charge is 0.322 e. The van der Waals surface area contributed by atoms with Gasteiger partial charge >= 0.3 is 17.9 Å². The monoisotopic (exact) mass is 311 g/mol. The Morgan fingerprint density at radius 3 is 2.30 bits per heavy atom. The lowest BCUT2D eigenvalue weighted by Gasteiger charge is -2.13. The van der Waals surface area contributed by atoms with Crippen molar-refractivity contribution in [1.82, 2.24) is 4.72 Å². The lowest BCUT2D eigenvalue weighted by molar-refractivity contribution is -0.143. The standard InChI is InChI=1S/C10H17NO8S/c1-3-19-9(13)6-20(16,17)11-7(10(14)15)4-5-8(12)18-2/h7,11H,3-6H2,1-2H3,(H,14,15)/t7-/m0/s1. The van der Waals surface area contributed by atoms with Crippen LogP contribution in [-0.2, 0) is 33.9 Å². The molecule has 0 saturated heterocycles. The predicted molar refractivity (Wildman–Crippen MR) is 66.2 cm³/mol. The summed E-state index contributed by atoms with van der Waals surface area (Å²) in [6, 6.07) is -1.52. The number of nitrogens with one attached hydrogen (secondary N) is 1. The third-order valence-corrected chi connectivity index (χ3v) is 3.36. The van der Waals surface area contributed by atoms with Gasteiger partial charge in [-0.2, -0.15) is 0 Å². The Balaban J connectivity index is 4.61. The van der Waals surface area contributed by atoms with Crippen LogP contribution in [0.5, 0.6) is 0 Å². The number of carbonyl (C=O) groups is 3. The van der Waals surface area contributed by atoms with E-state index >= 15 is 0 Å². The maximum atomic E-state index is 11.6. The Morgan fingerprint density at radius 1 is 1.25 bits per heavy atom. The van der Waals surface area contributed by atoms with Crippen LogP contribution in [0.4, 0.5) is 0 Å². The van der Waals surface area contributed by atoms with E-state index in [0.29, 0.717) is 0 Å². The van der Waals surface area contributed by atoms with Crippen LogP contribution in [0.2, 0.25) is 0 Å². The van der Waals surface area contributed by atoms with Gasteiger partial charge < -0.3 is 14.6 Å². The Labute approximate surface area is 116 Å². The first-order valence-electron chi connectivity index (χ1n) is 5.67. The lowest BCUT2D eigenvalue weighted by Crippen LogP contribution is -2.43. The van der Waals surface area contributed by atoms with Gasteiger partial charge in [0.25, 0.3) is 0 Å². The maximum absolute atomic E-state index is 11.6. The molecule has 20 heavy (non-hydrogen) atoms. The number of hydrogen-bond acceptors (Lipinski definition) is 7. The zero-order valence-electron chi connectivity index (χ0n) is 11.1. The van der Waals surface area contributed by atoms with Gasteiger partial charge in [0.15, 0.2) is 5.75 Å². The second-order valence-electron chi connectivity index (χ2n) is 3.69. The summed E-state index contributed by atoms with van der Waals surface area (Å²) < 4.78 is 33.7. The van der Waals surface area contributed by atoms with Crippen LogP contribution in [0.3, 0.4) is 0 Å². The molecule has 1 atom stereocenters. The first kappa shape index (κ1) is 18.3. The van der Waals surface area contributed by atoms with Gasteiger partial charge in [-0.1, -0.05) is 0 Å². The molecular formula is C10H17NO8S. The van der Waals surface area contributed by atoms with E-state index in [-0.39, 0.29) is 19.4 Å². The molecule has 10 heteroatoms. The lowest BCUT2D eigenvalue weighted by atomic mass is 10.2. The second kappa shape index (κ2) is 8.48. The molecule has 0 radical (unpaired) electrons. The summed E-state index contributed by atoms with van der Waals surface area (Å²) in [5.74, 6) is -4.10. The number of sulfonamides is 1. The molecule has 0 spiro atoms. The summed E-state index contributed by atoms with van der Waals surface area (Å²) in [4.78, 5) is 32.9. The van der Waals surface area contributed by atoms with Crippen molar-refractivity contribution in [2.45, 2.75) is 25.8 Å². The van der Waals surface area contributed by atoms with Crippen molar-refractivity contribution in [3.8, 4) is 0 Å². The van der Waals surface area contributed by atoms with Crippen LogP contribution >= 0.6 is 0 Å². The van der Waals surface area contributed by atoms with Crippen LogP contribution in [-0.4, -0.2) is 56.9 Å². The predicted octanol–water partition coefficient (Wildman–Crippen LogP) is -1.12. The number of methoxy groups -OCH3 is 1. The van der Waals surface area contributed by atoms with E-state index in [9.17, 15) is 22.8 Å². The minimum absolute atomic E-state index is 0.0129. The van der Waals surface area contributed by atoms with Crippen LogP contribution < -0.4 is 4.72 Å². The summed E-state index contributed by atoms with van der Waals surface area (Å²) in [6.45, 7) is 1.52. The molecule has 0 amide bonds. The summed E-state index contributed by atoms with van der Waals surface area (Å²) >= 11 is 0. The van der Waals surface area contributed by atoms with Crippen LogP contribution in [0.15, 0.2) is 0 Å². The van der Waals surface area contributed by atoms with Gasteiger partial charge in [-0.3, -0.25) is 14.4 Å². The quantitative estimate of drug-likeness (QED) is 0.511. The molecule has 0 aromatic rings. The minimum Gasteiger partial charge on any atom is -0.480 e. The van der Waals surface area contributed by atoms with Crippen molar-refractivity contribution in [3.63, 3.8) is 0 Å². The van der Waals surface area contributed by atoms with Crippen molar-refractivity contribution >= 4 is 27.9 Å². The van der Waals surface area contributed by atoms with Gasteiger partial charge in [-0.05, 0) is 13.3 Å². The molecule has 2 N–H and O–H groups in total. The second-order valence-corrected chi connectivity index (χ2v) is 5.44. The summed E-state index contributed by atoms with van der Waals surface area (Å²) in [5.41, 5.74) is 0. The number of hydrogen-bond donors (Lipinski definition) is 2. The fourth-order valence-electron chi connectivity index (χ4n) is 1.21. The van der Waals surface area contributed by atoms with Crippen LogP contribution in [0, 0.1) is 0 Å². The molecule has 0 saturated carbocycles. The number of aliphatic carboxylic acids is 1. The molecule has 9 nitrogen and oxygen atoms in total. The normalized spacial score (nSPS) is 12.5. The van der Waals surface area contributed by atoms with Gasteiger partial charge in [0.05, 0.1) is 13.7 Å². The van der Waals surface area contributed by atoms with E-state index in [2.05, 4.69) is 9.47 Å². The Kier molecular flexibility index (Phi) is 7.77. The van der Waals surface area contributed by atoms with Crippen molar-refractivity contribution in [1.29, 1.82) is 0 Å².